The third-order valence-corrected chi connectivity index (χ3v) is 4.01. The molecule has 0 fully saturated rings. The molecule has 5 nitrogen and oxygen atoms in total. The van der Waals surface area contributed by atoms with Gasteiger partial charge in [-0.3, -0.25) is 4.79 Å². The average Bonchev–Trinajstić information content (AvgIpc) is 2.72. The van der Waals surface area contributed by atoms with E-state index in [9.17, 15) is 9.18 Å². The second-order valence-electron chi connectivity index (χ2n) is 3.34. The predicted octanol–water partition coefficient (Wildman–Crippen LogP) is 3.25. The zero-order chi connectivity index (χ0) is 13.8. The van der Waals surface area contributed by atoms with Crippen LogP contribution in [0.1, 0.15) is 0 Å². The van der Waals surface area contributed by atoms with Crippen molar-refractivity contribution in [3.63, 3.8) is 0 Å². The number of aromatic nitrogens is 2. The van der Waals surface area contributed by atoms with Crippen LogP contribution in [0.2, 0.25) is 5.02 Å². The third-order valence-electron chi connectivity index (χ3n) is 1.84. The molecule has 0 aliphatic carbocycles. The fraction of sp³-hybridized carbons (Fsp3) is 0.100. The number of nitrogens with zero attached hydrogens (tertiary/aromatic N) is 2. The minimum Gasteiger partial charge on any atom is -0.481 e. The first-order valence-corrected chi connectivity index (χ1v) is 7.12. The normalized spacial score (nSPS) is 10.4. The van der Waals surface area contributed by atoms with Crippen LogP contribution in [0.3, 0.4) is 0 Å². The summed E-state index contributed by atoms with van der Waals surface area (Å²) in [5.41, 5.74) is 0.455. The highest BCUT2D eigenvalue weighted by molar-refractivity contribution is 8.01. The summed E-state index contributed by atoms with van der Waals surface area (Å²) in [4.78, 5) is 10.4. The Hall–Kier alpha value is -1.38. The van der Waals surface area contributed by atoms with Gasteiger partial charge in [0.05, 0.1) is 5.75 Å². The molecule has 0 radical (unpaired) electrons. The van der Waals surface area contributed by atoms with E-state index in [-0.39, 0.29) is 10.8 Å². The van der Waals surface area contributed by atoms with E-state index >= 15 is 0 Å². The molecule has 0 saturated carbocycles. The number of rotatable bonds is 5. The largest absolute Gasteiger partial charge is 0.481 e. The van der Waals surface area contributed by atoms with Crippen LogP contribution in [-0.2, 0) is 4.79 Å². The topological polar surface area (TPSA) is 75.1 Å². The number of hydrogen-bond donors (Lipinski definition) is 2. The van der Waals surface area contributed by atoms with Crippen molar-refractivity contribution in [2.75, 3.05) is 11.1 Å². The maximum absolute atomic E-state index is 13.1. The van der Waals surface area contributed by atoms with Crippen molar-refractivity contribution < 1.29 is 14.3 Å². The molecule has 0 aliphatic heterocycles. The lowest BCUT2D eigenvalue weighted by atomic mass is 10.3. The highest BCUT2D eigenvalue weighted by atomic mass is 35.5. The van der Waals surface area contributed by atoms with Gasteiger partial charge in [-0.05, 0) is 18.2 Å². The number of nitrogens with one attached hydrogen (secondary N) is 1. The molecule has 1 aromatic heterocycles. The van der Waals surface area contributed by atoms with E-state index in [1.54, 1.807) is 6.07 Å². The minimum absolute atomic E-state index is 0.0829. The summed E-state index contributed by atoms with van der Waals surface area (Å²) >= 11 is 7.98. The van der Waals surface area contributed by atoms with Gasteiger partial charge in [-0.2, -0.15) is 0 Å². The Morgan fingerprint density at radius 1 is 1.47 bits per heavy atom. The molecule has 0 spiro atoms. The van der Waals surface area contributed by atoms with Gasteiger partial charge >= 0.3 is 5.97 Å². The molecule has 0 saturated heterocycles. The highest BCUT2D eigenvalue weighted by Crippen LogP contribution is 2.28. The SMILES string of the molecule is O=C(O)CSc1nnc(Nc2cc(F)cc(Cl)c2)s1. The van der Waals surface area contributed by atoms with Crippen molar-refractivity contribution in [3.8, 4) is 0 Å². The number of aliphatic carboxylic acids is 1. The summed E-state index contributed by atoms with van der Waals surface area (Å²) in [5, 5.41) is 19.7. The number of benzene rings is 1. The van der Waals surface area contributed by atoms with Crippen molar-refractivity contribution in [2.45, 2.75) is 4.34 Å². The lowest BCUT2D eigenvalue weighted by Gasteiger charge is -2.02. The second-order valence-corrected chi connectivity index (χ2v) is 5.98. The molecule has 0 amide bonds. The van der Waals surface area contributed by atoms with Crippen LogP contribution in [0.25, 0.3) is 0 Å². The molecule has 0 aliphatic rings. The molecule has 2 aromatic rings. The van der Waals surface area contributed by atoms with Crippen LogP contribution in [0, 0.1) is 5.82 Å². The summed E-state index contributed by atoms with van der Waals surface area (Å²) in [5.74, 6) is -1.47. The van der Waals surface area contributed by atoms with E-state index in [4.69, 9.17) is 16.7 Å². The fourth-order valence-corrected chi connectivity index (χ4v) is 2.91. The Balaban J connectivity index is 2.05. The summed E-state index contributed by atoms with van der Waals surface area (Å²) in [6, 6.07) is 4.02. The molecule has 100 valence electrons. The van der Waals surface area contributed by atoms with Gasteiger partial charge in [0.25, 0.3) is 0 Å². The standard InChI is InChI=1S/C10H7ClFN3O2S2/c11-5-1-6(12)3-7(2-5)13-9-14-15-10(19-9)18-4-8(16)17/h1-3H,4H2,(H,13,14)(H,16,17). The zero-order valence-electron chi connectivity index (χ0n) is 9.26. The Morgan fingerprint density at radius 2 is 2.26 bits per heavy atom. The van der Waals surface area contributed by atoms with Gasteiger partial charge in [0.15, 0.2) is 4.34 Å². The smallest absolute Gasteiger partial charge is 0.313 e. The molecule has 0 unspecified atom stereocenters. The van der Waals surface area contributed by atoms with Crippen LogP contribution in [0.4, 0.5) is 15.2 Å². The first kappa shape index (κ1) is 14.0. The molecule has 9 heteroatoms. The Bertz CT molecular complexity index is 588. The van der Waals surface area contributed by atoms with Crippen molar-refractivity contribution in [1.82, 2.24) is 10.2 Å². The van der Waals surface area contributed by atoms with E-state index in [0.717, 1.165) is 11.8 Å². The Labute approximate surface area is 120 Å². The molecular formula is C10H7ClFN3O2S2. The number of halogens is 2. The van der Waals surface area contributed by atoms with Gasteiger partial charge in [-0.15, -0.1) is 10.2 Å². The molecular weight excluding hydrogens is 313 g/mol. The van der Waals surface area contributed by atoms with E-state index in [1.165, 1.54) is 23.5 Å². The van der Waals surface area contributed by atoms with Gasteiger partial charge in [0, 0.05) is 10.7 Å². The number of carbonyl (C=O) groups is 1. The average molecular weight is 320 g/mol. The summed E-state index contributed by atoms with van der Waals surface area (Å²) in [6.45, 7) is 0. The fourth-order valence-electron chi connectivity index (χ4n) is 1.19. The summed E-state index contributed by atoms with van der Waals surface area (Å²) < 4.78 is 13.6. The molecule has 1 aromatic carbocycles. The van der Waals surface area contributed by atoms with Gasteiger partial charge in [-0.25, -0.2) is 4.39 Å². The third kappa shape index (κ3) is 4.34. The predicted molar refractivity (Wildman–Crippen MR) is 73.0 cm³/mol. The van der Waals surface area contributed by atoms with Crippen LogP contribution in [-0.4, -0.2) is 27.0 Å². The second kappa shape index (κ2) is 6.18. The summed E-state index contributed by atoms with van der Waals surface area (Å²) in [7, 11) is 0. The van der Waals surface area contributed by atoms with E-state index < -0.39 is 11.8 Å². The quantitative estimate of drug-likeness (QED) is 0.824. The molecule has 2 rings (SSSR count). The first-order chi connectivity index (χ1) is 9.02. The van der Waals surface area contributed by atoms with Gasteiger partial charge in [-0.1, -0.05) is 34.7 Å². The number of carboxylic acids is 1. The Morgan fingerprint density at radius 3 is 2.95 bits per heavy atom. The molecule has 0 atom stereocenters. The molecule has 2 N–H and O–H groups in total. The van der Waals surface area contributed by atoms with Crippen LogP contribution in [0.5, 0.6) is 0 Å². The number of hydrogen-bond acceptors (Lipinski definition) is 6. The van der Waals surface area contributed by atoms with Crippen molar-refractivity contribution in [1.29, 1.82) is 0 Å². The van der Waals surface area contributed by atoms with Crippen LogP contribution < -0.4 is 5.32 Å². The number of thioether (sulfide) groups is 1. The minimum atomic E-state index is -0.924. The summed E-state index contributed by atoms with van der Waals surface area (Å²) in [6.07, 6.45) is 0. The maximum Gasteiger partial charge on any atom is 0.313 e. The van der Waals surface area contributed by atoms with Crippen molar-refractivity contribution in [3.05, 3.63) is 29.0 Å². The Kier molecular flexibility index (Phi) is 4.56. The number of anilines is 2. The van der Waals surface area contributed by atoms with E-state index in [1.807, 2.05) is 0 Å². The molecule has 0 bridgehead atoms. The van der Waals surface area contributed by atoms with Crippen LogP contribution in [0.15, 0.2) is 22.5 Å². The van der Waals surface area contributed by atoms with Gasteiger partial charge < -0.3 is 10.4 Å². The molecule has 19 heavy (non-hydrogen) atoms. The van der Waals surface area contributed by atoms with Crippen molar-refractivity contribution in [2.24, 2.45) is 0 Å². The first-order valence-electron chi connectivity index (χ1n) is 4.94. The monoisotopic (exact) mass is 319 g/mol. The van der Waals surface area contributed by atoms with Gasteiger partial charge in [0.2, 0.25) is 5.13 Å². The number of carboxylic acid groups (broad SMARTS) is 1. The molecule has 1 heterocycles. The maximum atomic E-state index is 13.1. The van der Waals surface area contributed by atoms with Gasteiger partial charge in [0.1, 0.15) is 5.82 Å². The van der Waals surface area contributed by atoms with Crippen molar-refractivity contribution >= 4 is 51.5 Å². The van der Waals surface area contributed by atoms with E-state index in [2.05, 4.69) is 15.5 Å². The highest BCUT2D eigenvalue weighted by Gasteiger charge is 2.08. The zero-order valence-corrected chi connectivity index (χ0v) is 11.7. The van der Waals surface area contributed by atoms with Crippen LogP contribution >= 0.6 is 34.7 Å². The van der Waals surface area contributed by atoms with E-state index in [0.29, 0.717) is 15.2 Å². The lowest BCUT2D eigenvalue weighted by molar-refractivity contribution is -0.133. The lowest BCUT2D eigenvalue weighted by Crippen LogP contribution is -1.96.